The number of benzene rings is 5. The van der Waals surface area contributed by atoms with Gasteiger partial charge in [-0.3, -0.25) is 0 Å². The van der Waals surface area contributed by atoms with E-state index >= 15 is 0 Å². The fraction of sp³-hybridized carbons (Fsp3) is 0.0811. The summed E-state index contributed by atoms with van der Waals surface area (Å²) in [5.74, 6) is 0. The van der Waals surface area contributed by atoms with Crippen LogP contribution in [0.25, 0.3) is 5.57 Å². The first-order valence-corrected chi connectivity index (χ1v) is 16.3. The van der Waals surface area contributed by atoms with Crippen molar-refractivity contribution in [3.05, 3.63) is 169 Å². The molecule has 1 aliphatic rings. The Balaban J connectivity index is 1.49. The van der Waals surface area contributed by atoms with Crippen molar-refractivity contribution in [1.82, 2.24) is 0 Å². The highest BCUT2D eigenvalue weighted by Gasteiger charge is 2.29. The van der Waals surface area contributed by atoms with Gasteiger partial charge in [0.05, 0.1) is 0 Å². The summed E-state index contributed by atoms with van der Waals surface area (Å²) in [6.07, 6.45) is 5.76. The summed E-state index contributed by atoms with van der Waals surface area (Å²) in [6.45, 7) is 2.44. The maximum atomic E-state index is 2.44. The van der Waals surface area contributed by atoms with Crippen molar-refractivity contribution in [2.24, 2.45) is 0 Å². The molecule has 6 rings (SSSR count). The van der Waals surface area contributed by atoms with Crippen LogP contribution in [0.3, 0.4) is 0 Å². The highest BCUT2D eigenvalue weighted by atomic mass is 31.1. The number of rotatable bonds is 8. The van der Waals surface area contributed by atoms with Gasteiger partial charge in [-0.25, -0.2) is 0 Å². The lowest BCUT2D eigenvalue weighted by atomic mass is 10.00. The van der Waals surface area contributed by atoms with Gasteiger partial charge in [0.15, 0.2) is 0 Å². The average molecular weight is 539 g/mol. The van der Waals surface area contributed by atoms with Crippen LogP contribution in [0.1, 0.15) is 18.9 Å². The molecule has 0 aromatic heterocycles. The van der Waals surface area contributed by atoms with E-state index in [9.17, 15) is 0 Å². The Morgan fingerprint density at radius 2 is 0.949 bits per heavy atom. The third-order valence-corrected chi connectivity index (χ3v) is 12.6. The first-order chi connectivity index (χ1) is 19.3. The summed E-state index contributed by atoms with van der Waals surface area (Å²) in [6, 6.07) is 53.5. The molecule has 0 unspecified atom stereocenters. The Kier molecular flexibility index (Phi) is 7.97. The molecule has 0 aliphatic heterocycles. The highest BCUT2D eigenvalue weighted by molar-refractivity contribution is 7.80. The highest BCUT2D eigenvalue weighted by Crippen LogP contribution is 2.47. The van der Waals surface area contributed by atoms with Crippen molar-refractivity contribution in [2.75, 3.05) is 0 Å². The summed E-state index contributed by atoms with van der Waals surface area (Å²) in [5, 5.41) is 7.09. The van der Waals surface area contributed by atoms with Gasteiger partial charge in [-0.15, -0.1) is 0 Å². The van der Waals surface area contributed by atoms with Crippen LogP contribution in [-0.4, -0.2) is 5.66 Å². The predicted octanol–water partition coefficient (Wildman–Crippen LogP) is 7.68. The van der Waals surface area contributed by atoms with Crippen LogP contribution in [0.5, 0.6) is 0 Å². The molecule has 0 N–H and O–H groups in total. The Hall–Kier alpha value is -3.56. The normalized spacial score (nSPS) is 13.8. The fourth-order valence-corrected chi connectivity index (χ4v) is 10.8. The molecule has 5 aromatic rings. The fourth-order valence-electron chi connectivity index (χ4n) is 5.60. The zero-order valence-corrected chi connectivity index (χ0v) is 24.0. The van der Waals surface area contributed by atoms with Crippen molar-refractivity contribution < 1.29 is 0 Å². The molecule has 0 saturated carbocycles. The van der Waals surface area contributed by atoms with E-state index in [2.05, 4.69) is 165 Å². The van der Waals surface area contributed by atoms with Crippen LogP contribution >= 0.6 is 15.8 Å². The van der Waals surface area contributed by atoms with Crippen LogP contribution in [0.15, 0.2) is 163 Å². The molecule has 0 amide bonds. The topological polar surface area (TPSA) is 0 Å². The van der Waals surface area contributed by atoms with Crippen molar-refractivity contribution in [2.45, 2.75) is 19.0 Å². The average Bonchev–Trinajstić information content (AvgIpc) is 3.50. The summed E-state index contributed by atoms with van der Waals surface area (Å²) < 4.78 is 0. The Bertz CT molecular complexity index is 1490. The maximum Gasteiger partial charge on any atom is 0.00966 e. The molecule has 0 radical (unpaired) electrons. The number of hydrogen-bond acceptors (Lipinski definition) is 0. The third kappa shape index (κ3) is 5.46. The van der Waals surface area contributed by atoms with E-state index in [1.54, 1.807) is 0 Å². The SMILES string of the molecule is C[C@H](C1=C(c2ccccc2P(c2ccccc2)c2ccccc2)CC=C1)P(c1ccccc1)c1ccccc1. The van der Waals surface area contributed by atoms with E-state index in [0.29, 0.717) is 5.66 Å². The molecule has 5 aromatic carbocycles. The lowest BCUT2D eigenvalue weighted by molar-refractivity contribution is 1.17. The van der Waals surface area contributed by atoms with E-state index in [4.69, 9.17) is 0 Å². The molecule has 0 bridgehead atoms. The van der Waals surface area contributed by atoms with Crippen LogP contribution in [-0.2, 0) is 0 Å². The van der Waals surface area contributed by atoms with Crippen molar-refractivity contribution in [3.63, 3.8) is 0 Å². The van der Waals surface area contributed by atoms with Crippen LogP contribution in [0, 0.1) is 0 Å². The van der Waals surface area contributed by atoms with Gasteiger partial charge in [-0.1, -0.05) is 165 Å². The van der Waals surface area contributed by atoms with E-state index < -0.39 is 15.8 Å². The van der Waals surface area contributed by atoms with Gasteiger partial charge in [0.25, 0.3) is 0 Å². The molecule has 39 heavy (non-hydrogen) atoms. The minimum atomic E-state index is -0.681. The van der Waals surface area contributed by atoms with Gasteiger partial charge in [0.2, 0.25) is 0 Å². The third-order valence-electron chi connectivity index (χ3n) is 7.37. The van der Waals surface area contributed by atoms with E-state index in [-0.39, 0.29) is 0 Å². The molecule has 190 valence electrons. The monoisotopic (exact) mass is 538 g/mol. The molecule has 1 atom stereocenters. The molecule has 0 spiro atoms. The molecule has 2 heteroatoms. The lowest BCUT2D eigenvalue weighted by Gasteiger charge is -2.28. The number of allylic oxidation sites excluding steroid dienone is 4. The standard InChI is InChI=1S/C37H32P2/c1-29(38(30-17-6-2-7-18-30)31-19-8-3-9-20-31)34-26-16-27-35(34)36-25-14-15-28-37(36)39(32-21-10-4-11-22-32)33-23-12-5-13-24-33/h2-26,28-29H,27H2,1H3/t29-/m1/s1. The first kappa shape index (κ1) is 25.7. The minimum Gasteiger partial charge on any atom is -0.0798 e. The van der Waals surface area contributed by atoms with E-state index in [1.807, 2.05) is 0 Å². The van der Waals surface area contributed by atoms with Crippen molar-refractivity contribution in [1.29, 1.82) is 0 Å². The van der Waals surface area contributed by atoms with Crippen molar-refractivity contribution >= 4 is 47.9 Å². The Morgan fingerprint density at radius 3 is 1.46 bits per heavy atom. The molecule has 0 fully saturated rings. The molecular weight excluding hydrogens is 506 g/mol. The Morgan fingerprint density at radius 1 is 0.513 bits per heavy atom. The largest absolute Gasteiger partial charge is 0.0798 e. The molecule has 0 saturated heterocycles. The zero-order valence-electron chi connectivity index (χ0n) is 22.2. The maximum absolute atomic E-state index is 2.44. The molecule has 0 heterocycles. The Labute approximate surface area is 235 Å². The van der Waals surface area contributed by atoms with Gasteiger partial charge >= 0.3 is 0 Å². The summed E-state index contributed by atoms with van der Waals surface area (Å²) >= 11 is 0. The van der Waals surface area contributed by atoms with Gasteiger partial charge in [-0.2, -0.15) is 0 Å². The second kappa shape index (κ2) is 12.1. The van der Waals surface area contributed by atoms with Crippen LogP contribution in [0.2, 0.25) is 0 Å². The summed E-state index contributed by atoms with van der Waals surface area (Å²) in [5.41, 5.74) is 4.76. The molecule has 1 aliphatic carbocycles. The van der Waals surface area contributed by atoms with Crippen molar-refractivity contribution in [3.8, 4) is 0 Å². The van der Waals surface area contributed by atoms with E-state index in [0.717, 1.165) is 6.42 Å². The summed E-state index contributed by atoms with van der Waals surface area (Å²) in [7, 11) is -1.24. The van der Waals surface area contributed by atoms with Gasteiger partial charge in [-0.05, 0) is 65.5 Å². The summed E-state index contributed by atoms with van der Waals surface area (Å²) in [4.78, 5) is 0. The van der Waals surface area contributed by atoms with Gasteiger partial charge in [0.1, 0.15) is 0 Å². The van der Waals surface area contributed by atoms with Gasteiger partial charge < -0.3 is 0 Å². The molecular formula is C37H32P2. The minimum absolute atomic E-state index is 0.395. The number of hydrogen-bond donors (Lipinski definition) is 0. The quantitative estimate of drug-likeness (QED) is 0.178. The predicted molar refractivity (Wildman–Crippen MR) is 174 cm³/mol. The van der Waals surface area contributed by atoms with Crippen LogP contribution in [0.4, 0.5) is 0 Å². The smallest absolute Gasteiger partial charge is 0.00966 e. The van der Waals surface area contributed by atoms with Crippen LogP contribution < -0.4 is 26.5 Å². The van der Waals surface area contributed by atoms with E-state index in [1.165, 1.54) is 43.2 Å². The second-order valence-corrected chi connectivity index (χ2v) is 14.5. The molecule has 0 nitrogen and oxygen atoms in total. The first-order valence-electron chi connectivity index (χ1n) is 13.6. The second-order valence-electron chi connectivity index (χ2n) is 9.78. The van der Waals surface area contributed by atoms with Gasteiger partial charge in [0, 0.05) is 5.66 Å². The lowest BCUT2D eigenvalue weighted by Crippen LogP contribution is -2.24. The zero-order chi connectivity index (χ0) is 26.4.